The fourth-order valence-corrected chi connectivity index (χ4v) is 4.40. The summed E-state index contributed by atoms with van der Waals surface area (Å²) in [6.45, 7) is 2.35. The summed E-state index contributed by atoms with van der Waals surface area (Å²) in [5.41, 5.74) is 2.20. The monoisotopic (exact) mass is 347 g/mol. The molecule has 3 aliphatic rings. The maximum Gasteiger partial charge on any atom is 0.248 e. The average molecular weight is 347 g/mol. The molecule has 1 saturated carbocycles. The number of rotatable bonds is 5. The topological polar surface area (TPSA) is 38.8 Å². The van der Waals surface area contributed by atoms with Crippen LogP contribution in [0.4, 0.5) is 4.39 Å². The van der Waals surface area contributed by atoms with Gasteiger partial charge in [0.05, 0.1) is 12.7 Å². The van der Waals surface area contributed by atoms with Crippen LogP contribution < -0.4 is 0 Å². The molecule has 25 heavy (non-hydrogen) atoms. The van der Waals surface area contributed by atoms with Crippen molar-refractivity contribution < 1.29 is 18.7 Å². The fraction of sp³-hybridized carbons (Fsp3) is 0.650. The molecule has 1 aromatic rings. The number of likely N-dealkylation sites (tertiary alicyclic amines) is 1. The molecule has 0 bridgehead atoms. The van der Waals surface area contributed by atoms with Crippen molar-refractivity contribution in [2.45, 2.75) is 43.6 Å². The van der Waals surface area contributed by atoms with Crippen molar-refractivity contribution >= 4 is 5.91 Å². The minimum atomic E-state index is -0.182. The minimum Gasteiger partial charge on any atom is -0.375 e. The molecular formula is C20H26FNO3. The van der Waals surface area contributed by atoms with E-state index in [0.717, 1.165) is 37.0 Å². The molecule has 4 nitrogen and oxygen atoms in total. The number of halogens is 1. The molecular weight excluding hydrogens is 321 g/mol. The van der Waals surface area contributed by atoms with E-state index in [1.54, 1.807) is 19.2 Å². The lowest BCUT2D eigenvalue weighted by Gasteiger charge is -2.40. The summed E-state index contributed by atoms with van der Waals surface area (Å²) in [6.07, 6.45) is 5.24. The highest BCUT2D eigenvalue weighted by Gasteiger charge is 2.47. The lowest BCUT2D eigenvalue weighted by molar-refractivity contribution is -0.136. The van der Waals surface area contributed by atoms with E-state index in [-0.39, 0.29) is 29.9 Å². The number of carbonyl (C=O) groups excluding carboxylic acids is 1. The molecule has 2 fully saturated rings. The maximum absolute atomic E-state index is 13.9. The number of fused-ring (bicyclic) bond motifs is 2. The molecule has 2 aliphatic carbocycles. The zero-order valence-corrected chi connectivity index (χ0v) is 14.8. The van der Waals surface area contributed by atoms with Gasteiger partial charge in [0, 0.05) is 25.6 Å². The first-order valence-corrected chi connectivity index (χ1v) is 9.29. The predicted molar refractivity (Wildman–Crippen MR) is 91.8 cm³/mol. The number of methoxy groups -OCH3 is 1. The van der Waals surface area contributed by atoms with Gasteiger partial charge in [-0.25, -0.2) is 4.39 Å². The molecule has 136 valence electrons. The third kappa shape index (κ3) is 3.32. The summed E-state index contributed by atoms with van der Waals surface area (Å²) in [6, 6.07) is 5.14. The van der Waals surface area contributed by atoms with E-state index >= 15 is 0 Å². The third-order valence-electron chi connectivity index (χ3n) is 6.08. The van der Waals surface area contributed by atoms with Crippen LogP contribution in [0.3, 0.4) is 0 Å². The average Bonchev–Trinajstić information content (AvgIpc) is 3.39. The van der Waals surface area contributed by atoms with Gasteiger partial charge < -0.3 is 14.4 Å². The largest absolute Gasteiger partial charge is 0.375 e. The van der Waals surface area contributed by atoms with Crippen LogP contribution in [-0.2, 0) is 19.7 Å². The van der Waals surface area contributed by atoms with Crippen molar-refractivity contribution in [2.24, 2.45) is 5.92 Å². The van der Waals surface area contributed by atoms with Gasteiger partial charge in [-0.2, -0.15) is 0 Å². The number of nitrogens with zero attached hydrogens (tertiary/aromatic N) is 1. The van der Waals surface area contributed by atoms with Gasteiger partial charge in [0.2, 0.25) is 5.91 Å². The molecule has 0 radical (unpaired) electrons. The first-order chi connectivity index (χ1) is 12.1. The Morgan fingerprint density at radius 2 is 2.08 bits per heavy atom. The summed E-state index contributed by atoms with van der Waals surface area (Å²) >= 11 is 0. The van der Waals surface area contributed by atoms with Crippen LogP contribution in [-0.4, -0.2) is 44.2 Å². The van der Waals surface area contributed by atoms with Crippen LogP contribution in [0.15, 0.2) is 18.2 Å². The SMILES string of the molecule is COCC(=O)N1CCC2(CC1)CC(OCC1CC1)c1ccc(F)cc12. The van der Waals surface area contributed by atoms with E-state index < -0.39 is 0 Å². The normalized spacial score (nSPS) is 24.6. The minimum absolute atomic E-state index is 0.0383. The first-order valence-electron chi connectivity index (χ1n) is 9.29. The molecule has 1 atom stereocenters. The quantitative estimate of drug-likeness (QED) is 0.821. The summed E-state index contributed by atoms with van der Waals surface area (Å²) in [4.78, 5) is 13.9. The van der Waals surface area contributed by atoms with Gasteiger partial charge in [0.25, 0.3) is 0 Å². The van der Waals surface area contributed by atoms with E-state index in [1.165, 1.54) is 12.8 Å². The van der Waals surface area contributed by atoms with Crippen LogP contribution in [0.5, 0.6) is 0 Å². The second-order valence-electron chi connectivity index (χ2n) is 7.80. The molecule has 1 aromatic carbocycles. The van der Waals surface area contributed by atoms with E-state index in [1.807, 2.05) is 11.0 Å². The van der Waals surface area contributed by atoms with E-state index in [4.69, 9.17) is 9.47 Å². The molecule has 1 unspecified atom stereocenters. The lowest BCUT2D eigenvalue weighted by Crippen LogP contribution is -2.45. The van der Waals surface area contributed by atoms with Crippen LogP contribution in [0, 0.1) is 11.7 Å². The zero-order chi connectivity index (χ0) is 17.4. The third-order valence-corrected chi connectivity index (χ3v) is 6.08. The Labute approximate surface area is 148 Å². The Kier molecular flexibility index (Phi) is 4.54. The number of carbonyl (C=O) groups is 1. The predicted octanol–water partition coefficient (Wildman–Crippen LogP) is 3.20. The van der Waals surface area contributed by atoms with Crippen LogP contribution >= 0.6 is 0 Å². The molecule has 1 amide bonds. The number of benzene rings is 1. The summed E-state index contributed by atoms with van der Waals surface area (Å²) in [5.74, 6) is 0.573. The van der Waals surface area contributed by atoms with Crippen molar-refractivity contribution in [3.8, 4) is 0 Å². The second kappa shape index (κ2) is 6.69. The number of amides is 1. The van der Waals surface area contributed by atoms with Gasteiger partial charge in [-0.15, -0.1) is 0 Å². The van der Waals surface area contributed by atoms with Gasteiger partial charge >= 0.3 is 0 Å². The molecule has 1 heterocycles. The molecule has 4 rings (SSSR count). The molecule has 5 heteroatoms. The molecule has 0 N–H and O–H groups in total. The van der Waals surface area contributed by atoms with Crippen molar-refractivity contribution in [3.05, 3.63) is 35.1 Å². The van der Waals surface area contributed by atoms with Crippen molar-refractivity contribution in [3.63, 3.8) is 0 Å². The van der Waals surface area contributed by atoms with Gasteiger partial charge in [-0.3, -0.25) is 4.79 Å². The number of piperidine rings is 1. The Morgan fingerprint density at radius 3 is 2.76 bits per heavy atom. The highest BCUT2D eigenvalue weighted by atomic mass is 19.1. The van der Waals surface area contributed by atoms with Gasteiger partial charge in [0.15, 0.2) is 0 Å². The highest BCUT2D eigenvalue weighted by molar-refractivity contribution is 5.77. The maximum atomic E-state index is 13.9. The first kappa shape index (κ1) is 17.0. The Hall–Kier alpha value is -1.46. The summed E-state index contributed by atoms with van der Waals surface area (Å²) < 4.78 is 25.1. The smallest absolute Gasteiger partial charge is 0.248 e. The molecule has 1 spiro atoms. The number of hydrogen-bond donors (Lipinski definition) is 0. The van der Waals surface area contributed by atoms with Gasteiger partial charge in [0.1, 0.15) is 12.4 Å². The lowest BCUT2D eigenvalue weighted by atomic mass is 9.73. The Balaban J connectivity index is 1.52. The highest BCUT2D eigenvalue weighted by Crippen LogP contribution is 2.52. The van der Waals surface area contributed by atoms with Gasteiger partial charge in [-0.1, -0.05) is 6.07 Å². The number of ether oxygens (including phenoxy) is 2. The summed E-state index contributed by atoms with van der Waals surface area (Å²) in [7, 11) is 1.54. The van der Waals surface area contributed by atoms with E-state index in [0.29, 0.717) is 19.0 Å². The van der Waals surface area contributed by atoms with Crippen molar-refractivity contribution in [1.82, 2.24) is 4.90 Å². The fourth-order valence-electron chi connectivity index (χ4n) is 4.40. The standard InChI is InChI=1S/C20H26FNO3/c1-24-13-19(23)22-8-6-20(7-9-22)11-18(25-12-14-2-3-14)16-5-4-15(21)10-17(16)20/h4-5,10,14,18H,2-3,6-9,11-13H2,1H3. The molecule has 0 aromatic heterocycles. The number of hydrogen-bond acceptors (Lipinski definition) is 3. The van der Waals surface area contributed by atoms with Crippen LogP contribution in [0.2, 0.25) is 0 Å². The van der Waals surface area contributed by atoms with E-state index in [9.17, 15) is 9.18 Å². The Morgan fingerprint density at radius 1 is 1.32 bits per heavy atom. The molecule has 1 saturated heterocycles. The van der Waals surface area contributed by atoms with Crippen LogP contribution in [0.25, 0.3) is 0 Å². The van der Waals surface area contributed by atoms with Gasteiger partial charge in [-0.05, 0) is 61.3 Å². The Bertz CT molecular complexity index is 650. The van der Waals surface area contributed by atoms with Crippen molar-refractivity contribution in [1.29, 1.82) is 0 Å². The molecule has 1 aliphatic heterocycles. The van der Waals surface area contributed by atoms with Crippen LogP contribution in [0.1, 0.15) is 49.3 Å². The van der Waals surface area contributed by atoms with E-state index in [2.05, 4.69) is 0 Å². The van der Waals surface area contributed by atoms with Crippen molar-refractivity contribution in [2.75, 3.05) is 33.4 Å². The summed E-state index contributed by atoms with van der Waals surface area (Å²) in [5, 5.41) is 0. The second-order valence-corrected chi connectivity index (χ2v) is 7.80. The zero-order valence-electron chi connectivity index (χ0n) is 14.8.